The Morgan fingerprint density at radius 2 is 1.89 bits per heavy atom. The molecule has 0 aliphatic heterocycles. The second-order valence-electron chi connectivity index (χ2n) is 8.11. The molecule has 1 atom stereocenters. The van der Waals surface area contributed by atoms with Crippen LogP contribution in [0.5, 0.6) is 0 Å². The summed E-state index contributed by atoms with van der Waals surface area (Å²) in [6.45, 7) is 5.61. The van der Waals surface area contributed by atoms with Crippen LogP contribution < -0.4 is 5.32 Å². The van der Waals surface area contributed by atoms with Gasteiger partial charge in [-0.3, -0.25) is 14.3 Å². The highest BCUT2D eigenvalue weighted by Gasteiger charge is 2.33. The molecule has 1 unspecified atom stereocenters. The van der Waals surface area contributed by atoms with Crippen molar-refractivity contribution in [3.63, 3.8) is 0 Å². The molecular weight excluding hydrogens is 511 g/mol. The molecule has 0 radical (unpaired) electrons. The Bertz CT molecular complexity index is 1410. The van der Waals surface area contributed by atoms with Gasteiger partial charge in [0.05, 0.1) is 21.5 Å². The summed E-state index contributed by atoms with van der Waals surface area (Å²) in [5, 5.41) is 10.5. The number of aromatic nitrogens is 4. The van der Waals surface area contributed by atoms with Crippen molar-refractivity contribution in [3.05, 3.63) is 82.6 Å². The van der Waals surface area contributed by atoms with Crippen molar-refractivity contribution in [2.75, 3.05) is 5.32 Å². The summed E-state index contributed by atoms with van der Waals surface area (Å²) >= 11 is 6.82. The van der Waals surface area contributed by atoms with Crippen molar-refractivity contribution in [1.29, 1.82) is 0 Å². The highest BCUT2D eigenvalue weighted by molar-refractivity contribution is 8.00. The maximum atomic E-state index is 13.2. The number of thioether (sulfide) groups is 1. The van der Waals surface area contributed by atoms with E-state index in [4.69, 9.17) is 11.6 Å². The molecular formula is C25H21ClF3N5OS. The molecule has 2 aromatic carbocycles. The zero-order valence-corrected chi connectivity index (χ0v) is 21.0. The molecule has 11 heteroatoms. The Hall–Kier alpha value is -3.37. The number of hydrogen-bond acceptors (Lipinski definition) is 5. The summed E-state index contributed by atoms with van der Waals surface area (Å²) < 4.78 is 41.4. The van der Waals surface area contributed by atoms with Gasteiger partial charge >= 0.3 is 6.18 Å². The number of nitrogens with one attached hydrogen (secondary N) is 1. The van der Waals surface area contributed by atoms with Crippen LogP contribution in [-0.2, 0) is 11.0 Å². The zero-order chi connectivity index (χ0) is 26.0. The fourth-order valence-electron chi connectivity index (χ4n) is 3.58. The van der Waals surface area contributed by atoms with Gasteiger partial charge in [-0.2, -0.15) is 13.2 Å². The van der Waals surface area contributed by atoms with Crippen LogP contribution >= 0.6 is 23.4 Å². The summed E-state index contributed by atoms with van der Waals surface area (Å²) in [7, 11) is 0. The summed E-state index contributed by atoms with van der Waals surface area (Å²) in [5.41, 5.74) is 2.64. The number of carbonyl (C=O) groups excluding carboxylic acids is 1. The lowest BCUT2D eigenvalue weighted by Gasteiger charge is -2.16. The summed E-state index contributed by atoms with van der Waals surface area (Å²) in [6, 6.07) is 12.9. The van der Waals surface area contributed by atoms with E-state index in [1.165, 1.54) is 6.07 Å². The highest BCUT2D eigenvalue weighted by Crippen LogP contribution is 2.37. The van der Waals surface area contributed by atoms with Crippen LogP contribution in [0.2, 0.25) is 5.02 Å². The van der Waals surface area contributed by atoms with E-state index in [2.05, 4.69) is 20.5 Å². The highest BCUT2D eigenvalue weighted by atomic mass is 35.5. The Morgan fingerprint density at radius 1 is 1.11 bits per heavy atom. The van der Waals surface area contributed by atoms with Gasteiger partial charge in [-0.05, 0) is 62.7 Å². The third-order valence-electron chi connectivity index (χ3n) is 5.34. The SMILES string of the molecule is Cc1ccc(-n2c(SC(C)C(=O)Nc3ccc(Cl)c(C(F)(F)F)c3)nnc2-c2cccnc2)c(C)c1. The van der Waals surface area contributed by atoms with E-state index < -0.39 is 27.9 Å². The van der Waals surface area contributed by atoms with E-state index in [-0.39, 0.29) is 5.69 Å². The number of rotatable bonds is 6. The van der Waals surface area contributed by atoms with Gasteiger partial charge in [0.1, 0.15) is 0 Å². The largest absolute Gasteiger partial charge is 0.417 e. The lowest BCUT2D eigenvalue weighted by atomic mass is 10.1. The van der Waals surface area contributed by atoms with Gasteiger partial charge < -0.3 is 5.32 Å². The number of nitrogens with zero attached hydrogens (tertiary/aromatic N) is 4. The van der Waals surface area contributed by atoms with Crippen LogP contribution in [0.15, 0.2) is 66.1 Å². The molecule has 0 fully saturated rings. The first-order valence-corrected chi connectivity index (χ1v) is 12.1. The Labute approximate surface area is 214 Å². The number of amides is 1. The average molecular weight is 532 g/mol. The number of carbonyl (C=O) groups is 1. The van der Waals surface area contributed by atoms with Crippen molar-refractivity contribution in [2.24, 2.45) is 0 Å². The number of anilines is 1. The lowest BCUT2D eigenvalue weighted by molar-refractivity contribution is -0.137. The van der Waals surface area contributed by atoms with Gasteiger partial charge in [0, 0.05) is 23.6 Å². The predicted octanol–water partition coefficient (Wildman–Crippen LogP) is 6.74. The number of halogens is 4. The van der Waals surface area contributed by atoms with Crippen LogP contribution in [0, 0.1) is 13.8 Å². The van der Waals surface area contributed by atoms with Gasteiger partial charge in [-0.25, -0.2) is 0 Å². The van der Waals surface area contributed by atoms with Crippen LogP contribution in [0.4, 0.5) is 18.9 Å². The molecule has 0 saturated carbocycles. The first-order chi connectivity index (χ1) is 17.0. The van der Waals surface area contributed by atoms with Crippen molar-refractivity contribution < 1.29 is 18.0 Å². The third-order valence-corrected chi connectivity index (χ3v) is 6.71. The fraction of sp³-hybridized carbons (Fsp3) is 0.200. The normalized spacial score (nSPS) is 12.4. The number of benzene rings is 2. The molecule has 0 bridgehead atoms. The maximum Gasteiger partial charge on any atom is 0.417 e. The minimum absolute atomic E-state index is 0.00364. The molecule has 0 aliphatic rings. The summed E-state index contributed by atoms with van der Waals surface area (Å²) in [4.78, 5) is 17.1. The lowest BCUT2D eigenvalue weighted by Crippen LogP contribution is -2.23. The van der Waals surface area contributed by atoms with Gasteiger partial charge in [-0.1, -0.05) is 41.1 Å². The molecule has 2 heterocycles. The fourth-order valence-corrected chi connectivity index (χ4v) is 4.66. The van der Waals surface area contributed by atoms with Crippen LogP contribution in [-0.4, -0.2) is 30.9 Å². The molecule has 0 aliphatic carbocycles. The van der Waals surface area contributed by atoms with Crippen molar-refractivity contribution in [2.45, 2.75) is 37.4 Å². The quantitative estimate of drug-likeness (QED) is 0.279. The second kappa shape index (κ2) is 10.3. The maximum absolute atomic E-state index is 13.2. The Morgan fingerprint density at radius 3 is 2.56 bits per heavy atom. The van der Waals surface area contributed by atoms with Crippen molar-refractivity contribution in [3.8, 4) is 17.1 Å². The Kier molecular flexibility index (Phi) is 7.37. The second-order valence-corrected chi connectivity index (χ2v) is 9.83. The number of aryl methyl sites for hydroxylation is 2. The van der Waals surface area contributed by atoms with E-state index in [9.17, 15) is 18.0 Å². The smallest absolute Gasteiger partial charge is 0.325 e. The van der Waals surface area contributed by atoms with Crippen LogP contribution in [0.3, 0.4) is 0 Å². The minimum atomic E-state index is -4.64. The average Bonchev–Trinajstić information content (AvgIpc) is 3.23. The van der Waals surface area contributed by atoms with Gasteiger partial charge in [0.25, 0.3) is 0 Å². The zero-order valence-electron chi connectivity index (χ0n) is 19.5. The monoisotopic (exact) mass is 531 g/mol. The van der Waals surface area contributed by atoms with E-state index in [0.29, 0.717) is 11.0 Å². The topological polar surface area (TPSA) is 72.7 Å². The number of alkyl halides is 3. The molecule has 1 amide bonds. The molecule has 1 N–H and O–H groups in total. The first-order valence-electron chi connectivity index (χ1n) is 10.8. The first kappa shape index (κ1) is 25.7. The molecule has 0 spiro atoms. The molecule has 186 valence electrons. The van der Waals surface area contributed by atoms with E-state index in [1.54, 1.807) is 25.4 Å². The van der Waals surface area contributed by atoms with Gasteiger partial charge in [-0.15, -0.1) is 10.2 Å². The Balaban J connectivity index is 1.64. The summed E-state index contributed by atoms with van der Waals surface area (Å²) in [5.74, 6) is 0.0613. The van der Waals surface area contributed by atoms with Gasteiger partial charge in [0.15, 0.2) is 11.0 Å². The summed E-state index contributed by atoms with van der Waals surface area (Å²) in [6.07, 6.45) is -1.30. The number of hydrogen-bond donors (Lipinski definition) is 1. The molecule has 4 aromatic rings. The van der Waals surface area contributed by atoms with Crippen LogP contribution in [0.1, 0.15) is 23.6 Å². The van der Waals surface area contributed by atoms with E-state index in [0.717, 1.165) is 46.3 Å². The molecule has 4 rings (SSSR count). The molecule has 6 nitrogen and oxygen atoms in total. The van der Waals surface area contributed by atoms with Crippen molar-refractivity contribution >= 4 is 35.0 Å². The number of pyridine rings is 1. The minimum Gasteiger partial charge on any atom is -0.325 e. The van der Waals surface area contributed by atoms with Crippen molar-refractivity contribution in [1.82, 2.24) is 19.7 Å². The predicted molar refractivity (Wildman–Crippen MR) is 134 cm³/mol. The van der Waals surface area contributed by atoms with Crippen LogP contribution in [0.25, 0.3) is 17.1 Å². The van der Waals surface area contributed by atoms with Gasteiger partial charge in [0.2, 0.25) is 5.91 Å². The third kappa shape index (κ3) is 5.55. The van der Waals surface area contributed by atoms with E-state index >= 15 is 0 Å². The molecule has 36 heavy (non-hydrogen) atoms. The van der Waals surface area contributed by atoms with E-state index in [1.807, 2.05) is 42.7 Å². The molecule has 0 saturated heterocycles. The molecule has 2 aromatic heterocycles. The standard InChI is InChI=1S/C25H21ClF3N5OS/c1-14-6-9-21(15(2)11-14)34-22(17-5-4-10-30-13-17)32-33-24(34)36-16(3)23(35)31-18-7-8-20(26)19(12-18)25(27,28)29/h4-13,16H,1-3H3,(H,31,35).